The number of guanidine groups is 1. The lowest BCUT2D eigenvalue weighted by Gasteiger charge is -2.13. The largest absolute Gasteiger partial charge is 0.475 e. The van der Waals surface area contributed by atoms with E-state index in [0.717, 1.165) is 24.5 Å². The summed E-state index contributed by atoms with van der Waals surface area (Å²) in [6.45, 7) is 4.53. The molecule has 2 N–H and O–H groups in total. The maximum atomic E-state index is 5.65. The predicted molar refractivity (Wildman–Crippen MR) is 102 cm³/mol. The van der Waals surface area contributed by atoms with Crippen molar-refractivity contribution in [3.8, 4) is 5.88 Å². The highest BCUT2D eigenvalue weighted by atomic mass is 32.1. The van der Waals surface area contributed by atoms with Crippen molar-refractivity contribution < 1.29 is 9.47 Å². The average Bonchev–Trinajstić information content (AvgIpc) is 3.11. The lowest BCUT2D eigenvalue weighted by Crippen LogP contribution is -2.36. The Balaban J connectivity index is 1.85. The van der Waals surface area contributed by atoms with E-state index < -0.39 is 0 Å². The highest BCUT2D eigenvalue weighted by Gasteiger charge is 2.06. The molecule has 2 aromatic heterocycles. The number of aryl methyl sites for hydroxylation is 1. The maximum absolute atomic E-state index is 5.65. The summed E-state index contributed by atoms with van der Waals surface area (Å²) in [7, 11) is 3.41. The van der Waals surface area contributed by atoms with E-state index in [1.54, 1.807) is 20.4 Å². The van der Waals surface area contributed by atoms with Gasteiger partial charge in [0.05, 0.1) is 13.2 Å². The van der Waals surface area contributed by atoms with Crippen LogP contribution in [0.2, 0.25) is 0 Å². The number of thiophene rings is 1. The summed E-state index contributed by atoms with van der Waals surface area (Å²) in [5, 5.41) is 6.63. The molecule has 136 valence electrons. The maximum Gasteiger partial charge on any atom is 0.218 e. The minimum absolute atomic E-state index is 0.478. The van der Waals surface area contributed by atoms with Crippen LogP contribution in [0, 0.1) is 0 Å². The Morgan fingerprint density at radius 3 is 2.68 bits per heavy atom. The van der Waals surface area contributed by atoms with E-state index in [1.165, 1.54) is 9.75 Å². The molecule has 0 amide bonds. The Bertz CT molecular complexity index is 673. The number of nitrogens with one attached hydrogen (secondary N) is 2. The quantitative estimate of drug-likeness (QED) is 0.408. The normalized spacial score (nSPS) is 11.4. The molecule has 2 heterocycles. The van der Waals surface area contributed by atoms with Crippen LogP contribution in [-0.2, 0) is 24.2 Å². The van der Waals surface area contributed by atoms with Crippen molar-refractivity contribution >= 4 is 17.3 Å². The first-order valence-electron chi connectivity index (χ1n) is 8.34. The third-order valence-electron chi connectivity index (χ3n) is 3.54. The lowest BCUT2D eigenvalue weighted by atomic mass is 10.2. The average molecular weight is 362 g/mol. The standard InChI is InChI=1S/C18H26N4O2S/c1-4-15-7-8-16(25-15)13-22-18(19-2)21-12-14-6-5-9-20-17(14)24-11-10-23-3/h5-9H,4,10-13H2,1-3H3,(H2,19,21,22). The van der Waals surface area contributed by atoms with Crippen molar-refractivity contribution in [3.63, 3.8) is 0 Å². The number of rotatable bonds is 9. The minimum atomic E-state index is 0.478. The predicted octanol–water partition coefficient (Wildman–Crippen LogP) is 2.60. The first kappa shape index (κ1) is 19.2. The van der Waals surface area contributed by atoms with Gasteiger partial charge in [0.15, 0.2) is 5.96 Å². The van der Waals surface area contributed by atoms with Gasteiger partial charge in [-0.15, -0.1) is 11.3 Å². The molecule has 2 rings (SSSR count). The molecule has 0 spiro atoms. The van der Waals surface area contributed by atoms with Gasteiger partial charge in [0, 0.05) is 42.2 Å². The van der Waals surface area contributed by atoms with E-state index >= 15 is 0 Å². The van der Waals surface area contributed by atoms with Crippen molar-refractivity contribution in [3.05, 3.63) is 45.8 Å². The van der Waals surface area contributed by atoms with Gasteiger partial charge < -0.3 is 20.1 Å². The molecule has 0 fully saturated rings. The van der Waals surface area contributed by atoms with Crippen molar-refractivity contribution in [2.24, 2.45) is 4.99 Å². The van der Waals surface area contributed by atoms with E-state index in [9.17, 15) is 0 Å². The van der Waals surface area contributed by atoms with Gasteiger partial charge in [-0.25, -0.2) is 4.98 Å². The van der Waals surface area contributed by atoms with Gasteiger partial charge in [0.2, 0.25) is 5.88 Å². The number of nitrogens with zero attached hydrogens (tertiary/aromatic N) is 2. The van der Waals surface area contributed by atoms with Crippen molar-refractivity contribution in [1.82, 2.24) is 15.6 Å². The van der Waals surface area contributed by atoms with Crippen LogP contribution in [0.15, 0.2) is 35.5 Å². The lowest BCUT2D eigenvalue weighted by molar-refractivity contribution is 0.143. The SMILES string of the molecule is CCc1ccc(CNC(=NC)NCc2cccnc2OCCOC)s1. The van der Waals surface area contributed by atoms with Crippen molar-refractivity contribution in [1.29, 1.82) is 0 Å². The Morgan fingerprint density at radius 1 is 1.16 bits per heavy atom. The molecule has 0 aliphatic heterocycles. The molecule has 0 bridgehead atoms. The monoisotopic (exact) mass is 362 g/mol. The Labute approximate surface area is 153 Å². The van der Waals surface area contributed by atoms with E-state index in [0.29, 0.717) is 25.6 Å². The van der Waals surface area contributed by atoms with Gasteiger partial charge in [-0.3, -0.25) is 4.99 Å². The molecule has 0 saturated heterocycles. The third-order valence-corrected chi connectivity index (χ3v) is 4.77. The number of aromatic nitrogens is 1. The molecule has 6 nitrogen and oxygen atoms in total. The van der Waals surface area contributed by atoms with Crippen LogP contribution in [0.25, 0.3) is 0 Å². The zero-order chi connectivity index (χ0) is 17.9. The van der Waals surface area contributed by atoms with Gasteiger partial charge >= 0.3 is 0 Å². The van der Waals surface area contributed by atoms with Gasteiger partial charge in [-0.2, -0.15) is 0 Å². The van der Waals surface area contributed by atoms with Crippen molar-refractivity contribution in [2.45, 2.75) is 26.4 Å². The number of hydrogen-bond acceptors (Lipinski definition) is 5. The van der Waals surface area contributed by atoms with Crippen LogP contribution < -0.4 is 15.4 Å². The summed E-state index contributed by atoms with van der Waals surface area (Å²) in [4.78, 5) is 11.2. The van der Waals surface area contributed by atoms with Crippen LogP contribution >= 0.6 is 11.3 Å². The number of hydrogen-bond donors (Lipinski definition) is 2. The molecule has 2 aromatic rings. The molecule has 7 heteroatoms. The molecule has 0 saturated carbocycles. The second kappa shape index (κ2) is 10.7. The second-order valence-electron chi connectivity index (χ2n) is 5.31. The molecule has 0 aliphatic carbocycles. The summed E-state index contributed by atoms with van der Waals surface area (Å²) in [5.74, 6) is 1.37. The smallest absolute Gasteiger partial charge is 0.218 e. The molecule has 0 aliphatic rings. The Morgan fingerprint density at radius 2 is 1.96 bits per heavy atom. The van der Waals surface area contributed by atoms with Crippen molar-refractivity contribution in [2.75, 3.05) is 27.4 Å². The molecule has 0 aromatic carbocycles. The molecular formula is C18H26N4O2S. The van der Waals surface area contributed by atoms with E-state index in [1.807, 2.05) is 23.5 Å². The minimum Gasteiger partial charge on any atom is -0.475 e. The van der Waals surface area contributed by atoms with Gasteiger partial charge in [0.25, 0.3) is 0 Å². The summed E-state index contributed by atoms with van der Waals surface area (Å²) < 4.78 is 10.7. The first-order chi connectivity index (χ1) is 12.3. The zero-order valence-electron chi connectivity index (χ0n) is 15.0. The number of ether oxygens (including phenoxy) is 2. The van der Waals surface area contributed by atoms with Crippen LogP contribution in [-0.4, -0.2) is 38.3 Å². The van der Waals surface area contributed by atoms with Gasteiger partial charge in [-0.05, 0) is 24.6 Å². The van der Waals surface area contributed by atoms with E-state index in [2.05, 4.69) is 39.7 Å². The molecule has 0 unspecified atom stereocenters. The number of methoxy groups -OCH3 is 1. The number of pyridine rings is 1. The first-order valence-corrected chi connectivity index (χ1v) is 9.16. The number of aliphatic imine (C=N–C) groups is 1. The fourth-order valence-corrected chi connectivity index (χ4v) is 3.09. The second-order valence-corrected chi connectivity index (χ2v) is 6.56. The fraction of sp³-hybridized carbons (Fsp3) is 0.444. The molecule has 25 heavy (non-hydrogen) atoms. The zero-order valence-corrected chi connectivity index (χ0v) is 15.9. The summed E-state index contributed by atoms with van der Waals surface area (Å²) in [6.07, 6.45) is 2.80. The highest BCUT2D eigenvalue weighted by Crippen LogP contribution is 2.16. The van der Waals surface area contributed by atoms with Crippen LogP contribution in [0.4, 0.5) is 0 Å². The molecule has 0 atom stereocenters. The van der Waals surface area contributed by atoms with Gasteiger partial charge in [-0.1, -0.05) is 13.0 Å². The molecule has 0 radical (unpaired) electrons. The van der Waals surface area contributed by atoms with E-state index in [4.69, 9.17) is 9.47 Å². The summed E-state index contributed by atoms with van der Waals surface area (Å²) in [6, 6.07) is 8.22. The van der Waals surface area contributed by atoms with Gasteiger partial charge in [0.1, 0.15) is 6.61 Å². The van der Waals surface area contributed by atoms with E-state index in [-0.39, 0.29) is 0 Å². The Kier molecular flexibility index (Phi) is 8.21. The fourth-order valence-electron chi connectivity index (χ4n) is 2.19. The third kappa shape index (κ3) is 6.36. The van der Waals surface area contributed by atoms with Crippen LogP contribution in [0.3, 0.4) is 0 Å². The molecular weight excluding hydrogens is 336 g/mol. The Hall–Kier alpha value is -2.12. The highest BCUT2D eigenvalue weighted by molar-refractivity contribution is 7.11. The van der Waals surface area contributed by atoms with Crippen LogP contribution in [0.5, 0.6) is 5.88 Å². The topological polar surface area (TPSA) is 67.8 Å². The summed E-state index contributed by atoms with van der Waals surface area (Å²) in [5.41, 5.74) is 0.978. The summed E-state index contributed by atoms with van der Waals surface area (Å²) >= 11 is 1.83. The van der Waals surface area contributed by atoms with Crippen LogP contribution in [0.1, 0.15) is 22.2 Å².